The number of nitrogens with one attached hydrogen (secondary N) is 3. The minimum atomic E-state index is -1.10. The highest BCUT2D eigenvalue weighted by Crippen LogP contribution is 2.21. The Morgan fingerprint density at radius 3 is 2.27 bits per heavy atom. The number of rotatable bonds is 14. The summed E-state index contributed by atoms with van der Waals surface area (Å²) in [4.78, 5) is 44.7. The van der Waals surface area contributed by atoms with Crippen molar-refractivity contribution in [3.63, 3.8) is 0 Å². The van der Waals surface area contributed by atoms with Crippen LogP contribution in [0.4, 0.5) is 9.59 Å². The van der Waals surface area contributed by atoms with Crippen LogP contribution in [-0.4, -0.2) is 64.8 Å². The lowest BCUT2D eigenvalue weighted by Crippen LogP contribution is -2.55. The lowest BCUT2D eigenvalue weighted by atomic mass is 9.95. The van der Waals surface area contributed by atoms with Crippen molar-refractivity contribution in [3.05, 3.63) is 88.4 Å². The van der Waals surface area contributed by atoms with E-state index < -0.39 is 30.7 Å². The summed E-state index contributed by atoms with van der Waals surface area (Å²) in [6.07, 6.45) is 2.65. The largest absolute Gasteiger partial charge is 0.444 e. The first-order valence-corrected chi connectivity index (χ1v) is 14.5. The molecule has 3 aromatic rings. The van der Waals surface area contributed by atoms with E-state index in [1.54, 1.807) is 18.8 Å². The average Bonchev–Trinajstić information content (AvgIpc) is 3.51. The molecule has 41 heavy (non-hydrogen) atoms. The van der Waals surface area contributed by atoms with E-state index in [2.05, 4.69) is 20.9 Å². The van der Waals surface area contributed by atoms with E-state index in [0.717, 1.165) is 16.0 Å². The lowest BCUT2D eigenvalue weighted by Gasteiger charge is -2.27. The first-order valence-electron chi connectivity index (χ1n) is 13.6. The summed E-state index contributed by atoms with van der Waals surface area (Å²) >= 11 is 1.41. The molecule has 4 N–H and O–H groups in total. The van der Waals surface area contributed by atoms with Crippen LogP contribution >= 0.6 is 11.3 Å². The van der Waals surface area contributed by atoms with Gasteiger partial charge in [-0.3, -0.25) is 9.78 Å². The van der Waals surface area contributed by atoms with Crippen LogP contribution in [0.5, 0.6) is 0 Å². The van der Waals surface area contributed by atoms with Crippen LogP contribution in [0.1, 0.15) is 48.7 Å². The predicted octanol–water partition coefficient (Wildman–Crippen LogP) is 4.03. The van der Waals surface area contributed by atoms with Gasteiger partial charge in [-0.25, -0.2) is 9.59 Å². The van der Waals surface area contributed by atoms with Gasteiger partial charge in [0.2, 0.25) is 5.91 Å². The number of thiazole rings is 1. The highest BCUT2D eigenvalue weighted by molar-refractivity contribution is 7.09. The van der Waals surface area contributed by atoms with Crippen LogP contribution in [0.25, 0.3) is 0 Å². The van der Waals surface area contributed by atoms with Crippen molar-refractivity contribution in [2.75, 3.05) is 13.7 Å². The monoisotopic (exact) mass is 581 g/mol. The van der Waals surface area contributed by atoms with Gasteiger partial charge in [-0.05, 0) is 44.2 Å². The van der Waals surface area contributed by atoms with Crippen molar-refractivity contribution in [2.24, 2.45) is 0 Å². The number of carbonyl (C=O) groups is 3. The fourth-order valence-electron chi connectivity index (χ4n) is 4.11. The average molecular weight is 582 g/mol. The number of hydrogen-bond acceptors (Lipinski definition) is 7. The van der Waals surface area contributed by atoms with Gasteiger partial charge in [0.25, 0.3) is 0 Å². The Kier molecular flexibility index (Phi) is 12.6. The molecule has 0 fully saturated rings. The highest BCUT2D eigenvalue weighted by Gasteiger charge is 2.26. The topological polar surface area (TPSA) is 133 Å². The third-order valence-corrected chi connectivity index (χ3v) is 7.44. The highest BCUT2D eigenvalue weighted by atomic mass is 32.1. The van der Waals surface area contributed by atoms with Gasteiger partial charge in [0, 0.05) is 25.3 Å². The van der Waals surface area contributed by atoms with Crippen LogP contribution < -0.4 is 16.0 Å². The molecule has 3 atom stereocenters. The van der Waals surface area contributed by atoms with Crippen LogP contribution in [0.3, 0.4) is 0 Å². The SMILES string of the molecule is CC(C)N(C)C(=O)NC(CO)C(=O)NC(CCC(NC(=O)OCc1cncs1)c1ccccc1)Cc1ccccc1. The molecule has 2 aromatic carbocycles. The van der Waals surface area contributed by atoms with Crippen LogP contribution in [0.15, 0.2) is 72.4 Å². The number of nitrogens with zero attached hydrogens (tertiary/aromatic N) is 2. The quantitative estimate of drug-likeness (QED) is 0.227. The minimum Gasteiger partial charge on any atom is -0.444 e. The smallest absolute Gasteiger partial charge is 0.407 e. The van der Waals surface area contributed by atoms with Gasteiger partial charge in [0.15, 0.2) is 0 Å². The summed E-state index contributed by atoms with van der Waals surface area (Å²) < 4.78 is 5.40. The molecule has 0 aliphatic carbocycles. The molecule has 0 aliphatic heterocycles. The molecule has 0 spiro atoms. The number of hydrogen-bond donors (Lipinski definition) is 4. The Labute approximate surface area is 245 Å². The summed E-state index contributed by atoms with van der Waals surface area (Å²) in [6.45, 7) is 3.30. The standard InChI is InChI=1S/C30H39N5O5S/c1-21(2)35(3)29(38)33-27(18-36)28(37)32-24(16-22-10-6-4-7-11-22)14-15-26(23-12-8-5-9-13-23)34-30(39)40-19-25-17-31-20-41-25/h4-13,17,20-21,24,26-27,36H,14-16,18-19H2,1-3H3,(H,32,37)(H,33,38)(H,34,39). The number of benzene rings is 2. The summed E-state index contributed by atoms with van der Waals surface area (Å²) in [5, 5.41) is 18.5. The number of carbonyl (C=O) groups excluding carboxylic acids is 3. The Bertz CT molecular complexity index is 1210. The van der Waals surface area contributed by atoms with Gasteiger partial charge in [-0.15, -0.1) is 11.3 Å². The minimum absolute atomic E-state index is 0.0701. The molecule has 0 saturated heterocycles. The molecule has 0 bridgehead atoms. The summed E-state index contributed by atoms with van der Waals surface area (Å²) in [5.41, 5.74) is 3.61. The van der Waals surface area contributed by atoms with Crippen molar-refractivity contribution in [3.8, 4) is 0 Å². The fourth-order valence-corrected chi connectivity index (χ4v) is 4.62. The molecule has 1 heterocycles. The Morgan fingerprint density at radius 2 is 1.66 bits per heavy atom. The summed E-state index contributed by atoms with van der Waals surface area (Å²) in [6, 6.07) is 17.0. The number of amides is 4. The maximum absolute atomic E-state index is 13.2. The second-order valence-electron chi connectivity index (χ2n) is 10.0. The van der Waals surface area contributed by atoms with Gasteiger partial charge in [-0.2, -0.15) is 0 Å². The lowest BCUT2D eigenvalue weighted by molar-refractivity contribution is -0.124. The van der Waals surface area contributed by atoms with E-state index in [0.29, 0.717) is 19.3 Å². The third-order valence-electron chi connectivity index (χ3n) is 6.69. The molecular formula is C30H39N5O5S. The molecule has 0 radical (unpaired) electrons. The number of aromatic nitrogens is 1. The summed E-state index contributed by atoms with van der Waals surface area (Å²) in [7, 11) is 1.63. The number of alkyl carbamates (subject to hydrolysis) is 1. The Morgan fingerprint density at radius 1 is 0.976 bits per heavy atom. The van der Waals surface area contributed by atoms with Gasteiger partial charge in [-0.1, -0.05) is 60.7 Å². The second kappa shape index (κ2) is 16.3. The van der Waals surface area contributed by atoms with Crippen molar-refractivity contribution < 1.29 is 24.2 Å². The van der Waals surface area contributed by atoms with E-state index in [1.807, 2.05) is 74.5 Å². The zero-order valence-corrected chi connectivity index (χ0v) is 24.5. The number of urea groups is 1. The van der Waals surface area contributed by atoms with Crippen LogP contribution in [0, 0.1) is 0 Å². The molecule has 11 heteroatoms. The Hall–Kier alpha value is -3.96. The first-order chi connectivity index (χ1) is 19.8. The molecule has 10 nitrogen and oxygen atoms in total. The van der Waals surface area contributed by atoms with Crippen molar-refractivity contribution >= 4 is 29.4 Å². The van der Waals surface area contributed by atoms with E-state index in [4.69, 9.17) is 4.74 Å². The molecule has 3 unspecified atom stereocenters. The second-order valence-corrected chi connectivity index (χ2v) is 11.0. The molecule has 3 rings (SSSR count). The maximum Gasteiger partial charge on any atom is 0.407 e. The van der Waals surface area contributed by atoms with E-state index in [1.165, 1.54) is 16.2 Å². The van der Waals surface area contributed by atoms with Crippen molar-refractivity contribution in [1.82, 2.24) is 25.8 Å². The third kappa shape index (κ3) is 10.5. The van der Waals surface area contributed by atoms with Crippen molar-refractivity contribution in [1.29, 1.82) is 0 Å². The van der Waals surface area contributed by atoms with Crippen LogP contribution in [0.2, 0.25) is 0 Å². The summed E-state index contributed by atoms with van der Waals surface area (Å²) in [5.74, 6) is -0.480. The van der Waals surface area contributed by atoms with Crippen LogP contribution in [-0.2, 0) is 22.6 Å². The van der Waals surface area contributed by atoms with Gasteiger partial charge in [0.05, 0.1) is 23.0 Å². The van der Waals surface area contributed by atoms with Crippen molar-refractivity contribution in [2.45, 2.75) is 63.9 Å². The first kappa shape index (κ1) is 31.6. The normalized spacial score (nSPS) is 13.1. The Balaban J connectivity index is 1.71. The zero-order valence-electron chi connectivity index (χ0n) is 23.7. The fraction of sp³-hybridized carbons (Fsp3) is 0.400. The molecular weight excluding hydrogens is 542 g/mol. The molecule has 0 saturated carbocycles. The van der Waals surface area contributed by atoms with E-state index >= 15 is 0 Å². The van der Waals surface area contributed by atoms with Gasteiger partial charge < -0.3 is 30.7 Å². The number of ether oxygens (including phenoxy) is 1. The number of aliphatic hydroxyl groups excluding tert-OH is 1. The molecule has 1 aromatic heterocycles. The zero-order chi connectivity index (χ0) is 29.6. The van der Waals surface area contributed by atoms with Gasteiger partial charge in [0.1, 0.15) is 12.6 Å². The maximum atomic E-state index is 13.2. The predicted molar refractivity (Wildman–Crippen MR) is 158 cm³/mol. The van der Waals surface area contributed by atoms with E-state index in [9.17, 15) is 19.5 Å². The molecule has 4 amide bonds. The molecule has 220 valence electrons. The van der Waals surface area contributed by atoms with E-state index in [-0.39, 0.29) is 24.7 Å². The molecule has 0 aliphatic rings. The van der Waals surface area contributed by atoms with Gasteiger partial charge >= 0.3 is 12.1 Å². The number of aliphatic hydroxyl groups is 1.